The molecule has 0 atom stereocenters. The van der Waals surface area contributed by atoms with Crippen molar-refractivity contribution in [3.63, 3.8) is 0 Å². The van der Waals surface area contributed by atoms with Crippen molar-refractivity contribution in [3.8, 4) is 11.4 Å². The Morgan fingerprint density at radius 1 is 1.04 bits per heavy atom. The molecule has 0 unspecified atom stereocenters. The zero-order valence-electron chi connectivity index (χ0n) is 14.0. The summed E-state index contributed by atoms with van der Waals surface area (Å²) in [6.45, 7) is 0.317. The van der Waals surface area contributed by atoms with Gasteiger partial charge in [0, 0.05) is 0 Å². The smallest absolute Gasteiger partial charge is 0.264 e. The normalized spacial score (nSPS) is 11.0. The van der Waals surface area contributed by atoms with Crippen LogP contribution in [0.25, 0.3) is 16.7 Å². The fourth-order valence-corrected chi connectivity index (χ4v) is 2.69. The van der Waals surface area contributed by atoms with Crippen molar-refractivity contribution < 1.29 is 13.5 Å². The number of benzene rings is 2. The number of nitrogens with zero attached hydrogens (tertiary/aromatic N) is 4. The average molecular weight is 368 g/mol. The van der Waals surface area contributed by atoms with Crippen molar-refractivity contribution in [1.82, 2.24) is 19.3 Å². The van der Waals surface area contributed by atoms with Crippen LogP contribution in [0.4, 0.5) is 8.78 Å². The highest BCUT2D eigenvalue weighted by Gasteiger charge is 2.12. The molecule has 2 aromatic carbocycles. The van der Waals surface area contributed by atoms with Gasteiger partial charge in [-0.05, 0) is 36.4 Å². The van der Waals surface area contributed by atoms with Gasteiger partial charge in [0.15, 0.2) is 17.2 Å². The second kappa shape index (κ2) is 6.99. The second-order valence-corrected chi connectivity index (χ2v) is 5.79. The first-order valence-electron chi connectivity index (χ1n) is 8.20. The largest absolute Gasteiger partial charge is 0.489 e. The average Bonchev–Trinajstić information content (AvgIpc) is 3.10. The minimum atomic E-state index is -0.459. The molecule has 0 bridgehead atoms. The third-order valence-corrected chi connectivity index (χ3v) is 4.05. The standard InChI is InChI=1S/C19H14F2N4O2/c20-13-5-7-14(8-6-13)25-18-15(11-23-25)19(26)24(12-22-18)9-10-27-17-4-2-1-3-16(17)21/h1-8,11-12H,9-10H2. The van der Waals surface area contributed by atoms with E-state index in [1.54, 1.807) is 24.3 Å². The number of rotatable bonds is 5. The first-order valence-corrected chi connectivity index (χ1v) is 8.20. The van der Waals surface area contributed by atoms with E-state index in [0.29, 0.717) is 16.7 Å². The van der Waals surface area contributed by atoms with E-state index in [1.165, 1.54) is 46.0 Å². The van der Waals surface area contributed by atoms with Gasteiger partial charge in [0.05, 0.1) is 18.4 Å². The van der Waals surface area contributed by atoms with E-state index in [2.05, 4.69) is 10.1 Å². The van der Waals surface area contributed by atoms with Gasteiger partial charge in [0.2, 0.25) is 0 Å². The van der Waals surface area contributed by atoms with Crippen molar-refractivity contribution in [2.45, 2.75) is 6.54 Å². The van der Waals surface area contributed by atoms with Crippen molar-refractivity contribution >= 4 is 11.0 Å². The molecule has 0 saturated heterocycles. The van der Waals surface area contributed by atoms with E-state index in [-0.39, 0.29) is 30.3 Å². The van der Waals surface area contributed by atoms with Crippen LogP contribution >= 0.6 is 0 Å². The monoisotopic (exact) mass is 368 g/mol. The van der Waals surface area contributed by atoms with Gasteiger partial charge in [-0.1, -0.05) is 12.1 Å². The Morgan fingerprint density at radius 3 is 2.59 bits per heavy atom. The Morgan fingerprint density at radius 2 is 1.81 bits per heavy atom. The minimum Gasteiger partial charge on any atom is -0.489 e. The Labute approximate surface area is 152 Å². The highest BCUT2D eigenvalue weighted by Crippen LogP contribution is 2.16. The zero-order chi connectivity index (χ0) is 18.8. The van der Waals surface area contributed by atoms with Gasteiger partial charge in [-0.3, -0.25) is 9.36 Å². The lowest BCUT2D eigenvalue weighted by atomic mass is 10.3. The number of halogens is 2. The summed E-state index contributed by atoms with van der Waals surface area (Å²) < 4.78 is 34.9. The lowest BCUT2D eigenvalue weighted by Crippen LogP contribution is -2.23. The van der Waals surface area contributed by atoms with Crippen molar-refractivity contribution in [3.05, 3.63) is 83.0 Å². The molecular weight excluding hydrogens is 354 g/mol. The summed E-state index contributed by atoms with van der Waals surface area (Å²) in [6.07, 6.45) is 2.80. The molecule has 0 amide bonds. The van der Waals surface area contributed by atoms with Crippen LogP contribution in [0.15, 0.2) is 65.8 Å². The van der Waals surface area contributed by atoms with Gasteiger partial charge in [-0.2, -0.15) is 5.10 Å². The van der Waals surface area contributed by atoms with Gasteiger partial charge in [-0.25, -0.2) is 18.4 Å². The molecule has 0 spiro atoms. The first kappa shape index (κ1) is 16.9. The molecule has 2 heterocycles. The number of hydrogen-bond donors (Lipinski definition) is 0. The van der Waals surface area contributed by atoms with Crippen molar-refractivity contribution in [1.29, 1.82) is 0 Å². The Bertz CT molecular complexity index is 1150. The molecule has 136 valence electrons. The topological polar surface area (TPSA) is 61.9 Å². The number of ether oxygens (including phenoxy) is 1. The fourth-order valence-electron chi connectivity index (χ4n) is 2.69. The molecule has 0 fully saturated rings. The van der Waals surface area contributed by atoms with Crippen molar-refractivity contribution in [2.75, 3.05) is 6.61 Å². The predicted octanol–water partition coefficient (Wildman–Crippen LogP) is 2.94. The maximum Gasteiger partial charge on any atom is 0.264 e. The molecular formula is C19H14F2N4O2. The summed E-state index contributed by atoms with van der Waals surface area (Å²) in [7, 11) is 0. The van der Waals surface area contributed by atoms with E-state index in [1.807, 2.05) is 0 Å². The molecule has 0 N–H and O–H groups in total. The molecule has 4 rings (SSSR count). The second-order valence-electron chi connectivity index (χ2n) is 5.79. The van der Waals surface area contributed by atoms with Crippen LogP contribution in [0.2, 0.25) is 0 Å². The Balaban J connectivity index is 1.57. The Kier molecular flexibility index (Phi) is 4.37. The van der Waals surface area contributed by atoms with Gasteiger partial charge >= 0.3 is 0 Å². The van der Waals surface area contributed by atoms with Crippen LogP contribution in [0.3, 0.4) is 0 Å². The Hall–Kier alpha value is -3.55. The third-order valence-electron chi connectivity index (χ3n) is 4.05. The highest BCUT2D eigenvalue weighted by atomic mass is 19.1. The van der Waals surface area contributed by atoms with E-state index < -0.39 is 5.82 Å². The summed E-state index contributed by atoms with van der Waals surface area (Å²) in [6, 6.07) is 11.8. The first-order chi connectivity index (χ1) is 13.1. The van der Waals surface area contributed by atoms with E-state index in [4.69, 9.17) is 4.74 Å². The summed E-state index contributed by atoms with van der Waals surface area (Å²) >= 11 is 0. The van der Waals surface area contributed by atoms with E-state index in [9.17, 15) is 13.6 Å². The zero-order valence-corrected chi connectivity index (χ0v) is 14.0. The predicted molar refractivity (Wildman–Crippen MR) is 95.0 cm³/mol. The lowest BCUT2D eigenvalue weighted by Gasteiger charge is -2.09. The summed E-state index contributed by atoms with van der Waals surface area (Å²) in [5.41, 5.74) is 0.683. The van der Waals surface area contributed by atoms with Crippen LogP contribution in [0.1, 0.15) is 0 Å². The molecule has 6 nitrogen and oxygen atoms in total. The van der Waals surface area contributed by atoms with Crippen LogP contribution < -0.4 is 10.3 Å². The lowest BCUT2D eigenvalue weighted by molar-refractivity contribution is 0.282. The van der Waals surface area contributed by atoms with Gasteiger partial charge in [0.25, 0.3) is 5.56 Å². The third kappa shape index (κ3) is 3.29. The maximum atomic E-state index is 13.6. The van der Waals surface area contributed by atoms with Crippen LogP contribution in [-0.2, 0) is 6.54 Å². The van der Waals surface area contributed by atoms with E-state index in [0.717, 1.165) is 0 Å². The molecule has 0 saturated carbocycles. The summed E-state index contributed by atoms with van der Waals surface area (Å²) in [4.78, 5) is 16.9. The molecule has 0 aliphatic heterocycles. The molecule has 27 heavy (non-hydrogen) atoms. The number of fused-ring (bicyclic) bond motifs is 1. The minimum absolute atomic E-state index is 0.111. The molecule has 4 aromatic rings. The molecule has 0 radical (unpaired) electrons. The maximum absolute atomic E-state index is 13.6. The number of hydrogen-bond acceptors (Lipinski definition) is 4. The molecule has 0 aliphatic carbocycles. The highest BCUT2D eigenvalue weighted by molar-refractivity contribution is 5.74. The summed E-state index contributed by atoms with van der Waals surface area (Å²) in [5.74, 6) is -0.692. The number of aromatic nitrogens is 4. The summed E-state index contributed by atoms with van der Waals surface area (Å²) in [5, 5.41) is 4.50. The fraction of sp³-hybridized carbons (Fsp3) is 0.105. The van der Waals surface area contributed by atoms with E-state index >= 15 is 0 Å². The van der Waals surface area contributed by atoms with Crippen LogP contribution in [-0.4, -0.2) is 25.9 Å². The van der Waals surface area contributed by atoms with Gasteiger partial charge in [0.1, 0.15) is 24.1 Å². The quantitative estimate of drug-likeness (QED) is 0.543. The van der Waals surface area contributed by atoms with Crippen LogP contribution in [0.5, 0.6) is 5.75 Å². The van der Waals surface area contributed by atoms with Crippen molar-refractivity contribution in [2.24, 2.45) is 0 Å². The SMILES string of the molecule is O=c1c2cnn(-c3ccc(F)cc3)c2ncn1CCOc1ccccc1F. The molecule has 8 heteroatoms. The number of para-hydroxylation sites is 1. The van der Waals surface area contributed by atoms with Gasteiger partial charge in [-0.15, -0.1) is 0 Å². The molecule has 0 aliphatic rings. The van der Waals surface area contributed by atoms with Gasteiger partial charge < -0.3 is 4.74 Å². The molecule has 2 aromatic heterocycles. The van der Waals surface area contributed by atoms with Crippen LogP contribution in [0, 0.1) is 11.6 Å².